The van der Waals surface area contributed by atoms with E-state index < -0.39 is 5.85 Å². The molecule has 0 fully saturated rings. The molecule has 0 aliphatic carbocycles. The topological polar surface area (TPSA) is 76.0 Å². The number of alkyl halides is 1. The van der Waals surface area contributed by atoms with Gasteiger partial charge in [-0.05, 0) is 72.1 Å². The van der Waals surface area contributed by atoms with Gasteiger partial charge in [0.2, 0.25) is 5.85 Å². The SMILES string of the molecule is C=C(Nc1ccc(-c2ncn(-c3ccc(OC(C)(C)F)cc3)n2)cc1)NC(S)Nc1ccccc1Cc1ccccc1. The van der Waals surface area contributed by atoms with Crippen molar-refractivity contribution in [2.75, 3.05) is 10.6 Å². The molecule has 3 N–H and O–H groups in total. The maximum Gasteiger partial charge on any atom is 0.242 e. The van der Waals surface area contributed by atoms with E-state index in [4.69, 9.17) is 4.74 Å². The molecule has 4 aromatic carbocycles. The minimum atomic E-state index is -1.74. The predicted molar refractivity (Wildman–Crippen MR) is 171 cm³/mol. The first-order chi connectivity index (χ1) is 20.2. The monoisotopic (exact) mass is 580 g/mol. The van der Waals surface area contributed by atoms with Crippen molar-refractivity contribution in [3.8, 4) is 22.8 Å². The van der Waals surface area contributed by atoms with Gasteiger partial charge in [-0.2, -0.15) is 4.39 Å². The summed E-state index contributed by atoms with van der Waals surface area (Å²) in [5.41, 5.74) is 5.57. The number of rotatable bonds is 12. The van der Waals surface area contributed by atoms with Crippen molar-refractivity contribution in [1.29, 1.82) is 0 Å². The van der Waals surface area contributed by atoms with E-state index in [1.807, 2.05) is 60.7 Å². The number of ether oxygens (including phenoxy) is 1. The second-order valence-corrected chi connectivity index (χ2v) is 10.7. The molecular weight excluding hydrogens is 547 g/mol. The van der Waals surface area contributed by atoms with Gasteiger partial charge in [-0.3, -0.25) is 0 Å². The van der Waals surface area contributed by atoms with E-state index in [1.54, 1.807) is 35.3 Å². The fourth-order valence-corrected chi connectivity index (χ4v) is 4.65. The number of aromatic nitrogens is 3. The maximum atomic E-state index is 13.7. The van der Waals surface area contributed by atoms with Crippen molar-refractivity contribution in [2.45, 2.75) is 31.6 Å². The molecule has 5 rings (SSSR count). The third kappa shape index (κ3) is 7.92. The Hall–Kier alpha value is -4.76. The highest BCUT2D eigenvalue weighted by Crippen LogP contribution is 2.23. The van der Waals surface area contributed by atoms with E-state index in [2.05, 4.69) is 63.4 Å². The fourth-order valence-electron chi connectivity index (χ4n) is 4.36. The van der Waals surface area contributed by atoms with Gasteiger partial charge in [-0.1, -0.05) is 55.1 Å². The van der Waals surface area contributed by atoms with Gasteiger partial charge in [0.15, 0.2) is 5.82 Å². The van der Waals surface area contributed by atoms with Gasteiger partial charge in [-0.15, -0.1) is 17.7 Å². The molecule has 42 heavy (non-hydrogen) atoms. The number of nitrogens with zero attached hydrogens (tertiary/aromatic N) is 3. The molecule has 5 aromatic rings. The number of anilines is 2. The molecule has 1 atom stereocenters. The standard InChI is InChI=1S/C33H33FN6OS/c1-23(37-32(42)38-30-12-8-7-11-26(30)21-24-9-5-4-6-10-24)36-27-15-13-25(14-16-27)31-35-22-40(39-31)28-17-19-29(20-18-28)41-33(2,3)34/h4-20,22,32,36-38,42H,1,21H2,2-3H3. The summed E-state index contributed by atoms with van der Waals surface area (Å²) in [6, 6.07) is 33.3. The summed E-state index contributed by atoms with van der Waals surface area (Å²) in [4.78, 5) is 4.44. The lowest BCUT2D eigenvalue weighted by Gasteiger charge is -2.21. The van der Waals surface area contributed by atoms with Crippen molar-refractivity contribution in [2.24, 2.45) is 0 Å². The van der Waals surface area contributed by atoms with E-state index in [1.165, 1.54) is 25.0 Å². The number of para-hydroxylation sites is 1. The smallest absolute Gasteiger partial charge is 0.242 e. The summed E-state index contributed by atoms with van der Waals surface area (Å²) < 4.78 is 20.6. The molecule has 0 aliphatic heterocycles. The number of benzene rings is 4. The summed E-state index contributed by atoms with van der Waals surface area (Å²) >= 11 is 4.68. The van der Waals surface area contributed by atoms with Crippen LogP contribution in [0.15, 0.2) is 122 Å². The molecule has 214 valence electrons. The van der Waals surface area contributed by atoms with E-state index in [0.717, 1.165) is 29.0 Å². The second kappa shape index (κ2) is 12.8. The third-order valence-corrected chi connectivity index (χ3v) is 6.51. The van der Waals surface area contributed by atoms with Crippen molar-refractivity contribution in [3.05, 3.63) is 133 Å². The lowest BCUT2D eigenvalue weighted by molar-refractivity contribution is -0.0257. The molecule has 1 unspecified atom stereocenters. The number of thiol groups is 1. The van der Waals surface area contributed by atoms with Gasteiger partial charge < -0.3 is 20.7 Å². The van der Waals surface area contributed by atoms with E-state index in [0.29, 0.717) is 17.4 Å². The van der Waals surface area contributed by atoms with Crippen molar-refractivity contribution >= 4 is 24.0 Å². The first kappa shape index (κ1) is 28.8. The molecule has 0 saturated heterocycles. The first-order valence-corrected chi connectivity index (χ1v) is 14.0. The normalized spacial score (nSPS) is 11.9. The Bertz CT molecular complexity index is 1620. The van der Waals surface area contributed by atoms with Gasteiger partial charge in [0.05, 0.1) is 11.5 Å². The minimum Gasteiger partial charge on any atom is -0.459 e. The Labute approximate surface area is 250 Å². The average molecular weight is 581 g/mol. The van der Waals surface area contributed by atoms with E-state index in [9.17, 15) is 4.39 Å². The Morgan fingerprint density at radius 2 is 1.64 bits per heavy atom. The van der Waals surface area contributed by atoms with Crippen LogP contribution in [0.2, 0.25) is 0 Å². The zero-order valence-electron chi connectivity index (χ0n) is 23.5. The zero-order chi connectivity index (χ0) is 29.5. The Kier molecular flexibility index (Phi) is 8.78. The summed E-state index contributed by atoms with van der Waals surface area (Å²) in [6.45, 7) is 6.82. The van der Waals surface area contributed by atoms with Crippen LogP contribution in [0.3, 0.4) is 0 Å². The molecule has 0 spiro atoms. The van der Waals surface area contributed by atoms with Crippen LogP contribution in [0.1, 0.15) is 25.0 Å². The first-order valence-electron chi connectivity index (χ1n) is 13.5. The Balaban J connectivity index is 1.15. The highest BCUT2D eigenvalue weighted by atomic mass is 32.1. The van der Waals surface area contributed by atoms with Gasteiger partial charge in [0.1, 0.15) is 17.6 Å². The second-order valence-electron chi connectivity index (χ2n) is 10.2. The molecule has 9 heteroatoms. The third-order valence-electron chi connectivity index (χ3n) is 6.25. The molecule has 7 nitrogen and oxygen atoms in total. The molecule has 0 bridgehead atoms. The van der Waals surface area contributed by atoms with Crippen molar-refractivity contribution in [1.82, 2.24) is 20.1 Å². The minimum absolute atomic E-state index is 0.363. The van der Waals surface area contributed by atoms with Crippen LogP contribution in [0.4, 0.5) is 15.8 Å². The lowest BCUT2D eigenvalue weighted by atomic mass is 10.0. The quantitative estimate of drug-likeness (QED) is 0.0910. The van der Waals surface area contributed by atoms with Crippen LogP contribution in [-0.2, 0) is 6.42 Å². The maximum absolute atomic E-state index is 13.7. The van der Waals surface area contributed by atoms with Crippen LogP contribution >= 0.6 is 12.6 Å². The summed E-state index contributed by atoms with van der Waals surface area (Å²) in [5, 5.41) is 14.5. The molecule has 1 aromatic heterocycles. The zero-order valence-corrected chi connectivity index (χ0v) is 24.4. The Morgan fingerprint density at radius 1 is 0.952 bits per heavy atom. The van der Waals surface area contributed by atoms with Crippen LogP contribution in [0, 0.1) is 0 Å². The molecule has 1 heterocycles. The number of nitrogens with one attached hydrogen (secondary N) is 3. The van der Waals surface area contributed by atoms with Crippen molar-refractivity contribution in [3.63, 3.8) is 0 Å². The molecule has 0 radical (unpaired) electrons. The Morgan fingerprint density at radius 3 is 2.36 bits per heavy atom. The average Bonchev–Trinajstić information content (AvgIpc) is 3.45. The van der Waals surface area contributed by atoms with Crippen LogP contribution in [0.5, 0.6) is 5.75 Å². The van der Waals surface area contributed by atoms with E-state index in [-0.39, 0.29) is 5.50 Å². The summed E-state index contributed by atoms with van der Waals surface area (Å²) in [7, 11) is 0. The highest BCUT2D eigenvalue weighted by Gasteiger charge is 2.17. The largest absolute Gasteiger partial charge is 0.459 e. The molecule has 0 saturated carbocycles. The highest BCUT2D eigenvalue weighted by molar-refractivity contribution is 7.81. The van der Waals surface area contributed by atoms with Crippen LogP contribution < -0.4 is 20.7 Å². The van der Waals surface area contributed by atoms with Gasteiger partial charge in [-0.25, -0.2) is 9.67 Å². The number of hydrogen-bond acceptors (Lipinski definition) is 7. The fraction of sp³-hybridized carbons (Fsp3) is 0.152. The lowest BCUT2D eigenvalue weighted by Crippen LogP contribution is -2.33. The summed E-state index contributed by atoms with van der Waals surface area (Å²) in [6.07, 6.45) is 2.46. The van der Waals surface area contributed by atoms with E-state index >= 15 is 0 Å². The molecule has 0 amide bonds. The van der Waals surface area contributed by atoms with Crippen LogP contribution in [-0.4, -0.2) is 26.1 Å². The van der Waals surface area contributed by atoms with Gasteiger partial charge in [0.25, 0.3) is 0 Å². The number of hydrogen-bond donors (Lipinski definition) is 4. The van der Waals surface area contributed by atoms with Crippen LogP contribution in [0.25, 0.3) is 17.1 Å². The molecular formula is C33H33FN6OS. The predicted octanol–water partition coefficient (Wildman–Crippen LogP) is 7.41. The molecule has 0 aliphatic rings. The van der Waals surface area contributed by atoms with Crippen molar-refractivity contribution < 1.29 is 9.13 Å². The number of halogens is 1. The van der Waals surface area contributed by atoms with Gasteiger partial charge in [0, 0.05) is 30.8 Å². The summed E-state index contributed by atoms with van der Waals surface area (Å²) in [5.74, 6) is -0.121. The van der Waals surface area contributed by atoms with Gasteiger partial charge >= 0.3 is 0 Å².